The van der Waals surface area contributed by atoms with Crippen molar-refractivity contribution in [3.63, 3.8) is 0 Å². The molecule has 0 atom stereocenters. The SMILES string of the molecule is COc1cc(/C=N/NC(=O)CCN2CCN(C(c3ccccc3)c3ccccc3)CC2)ccc1O. The molecule has 1 saturated heterocycles. The molecule has 3 aromatic carbocycles. The van der Waals surface area contributed by atoms with Crippen LogP contribution in [0.4, 0.5) is 0 Å². The van der Waals surface area contributed by atoms with Gasteiger partial charge in [0, 0.05) is 39.1 Å². The highest BCUT2D eigenvalue weighted by Gasteiger charge is 2.26. The normalized spacial score (nSPS) is 14.9. The van der Waals surface area contributed by atoms with Crippen LogP contribution in [0.15, 0.2) is 84.0 Å². The van der Waals surface area contributed by atoms with Crippen molar-refractivity contribution in [1.29, 1.82) is 0 Å². The minimum Gasteiger partial charge on any atom is -0.504 e. The molecule has 0 unspecified atom stereocenters. The molecule has 3 aromatic rings. The first kappa shape index (κ1) is 24.4. The number of phenols is 1. The fourth-order valence-corrected chi connectivity index (χ4v) is 4.40. The average molecular weight is 473 g/mol. The molecule has 35 heavy (non-hydrogen) atoms. The van der Waals surface area contributed by atoms with E-state index in [0.717, 1.165) is 31.7 Å². The highest BCUT2D eigenvalue weighted by molar-refractivity contribution is 5.83. The molecule has 1 aliphatic heterocycles. The van der Waals surface area contributed by atoms with Gasteiger partial charge in [-0.15, -0.1) is 0 Å². The van der Waals surface area contributed by atoms with E-state index in [1.54, 1.807) is 12.1 Å². The number of rotatable bonds is 9. The van der Waals surface area contributed by atoms with Crippen LogP contribution in [0.25, 0.3) is 0 Å². The maximum absolute atomic E-state index is 12.3. The van der Waals surface area contributed by atoms with Gasteiger partial charge in [-0.1, -0.05) is 60.7 Å². The number of ether oxygens (including phenoxy) is 1. The zero-order valence-electron chi connectivity index (χ0n) is 20.0. The molecule has 0 spiro atoms. The van der Waals surface area contributed by atoms with Crippen molar-refractivity contribution in [3.8, 4) is 11.5 Å². The molecule has 7 nitrogen and oxygen atoms in total. The van der Waals surface area contributed by atoms with Gasteiger partial charge in [0.2, 0.25) is 5.91 Å². The molecule has 0 aliphatic carbocycles. The third-order valence-corrected chi connectivity index (χ3v) is 6.26. The van der Waals surface area contributed by atoms with Crippen molar-refractivity contribution in [2.75, 3.05) is 39.8 Å². The molecule has 0 aromatic heterocycles. The van der Waals surface area contributed by atoms with Gasteiger partial charge in [-0.2, -0.15) is 5.10 Å². The number of amides is 1. The largest absolute Gasteiger partial charge is 0.504 e. The Bertz CT molecular complexity index is 1070. The Balaban J connectivity index is 1.26. The van der Waals surface area contributed by atoms with E-state index in [9.17, 15) is 9.90 Å². The van der Waals surface area contributed by atoms with Crippen molar-refractivity contribution in [2.45, 2.75) is 12.5 Å². The molecule has 1 heterocycles. The van der Waals surface area contributed by atoms with E-state index in [2.05, 4.69) is 81.0 Å². The number of benzene rings is 3. The quantitative estimate of drug-likeness (QED) is 0.367. The average Bonchev–Trinajstić information content (AvgIpc) is 2.90. The van der Waals surface area contributed by atoms with Crippen molar-refractivity contribution in [1.82, 2.24) is 15.2 Å². The number of nitrogens with zero attached hydrogens (tertiary/aromatic N) is 3. The lowest BCUT2D eigenvalue weighted by Gasteiger charge is -2.39. The number of methoxy groups -OCH3 is 1. The van der Waals surface area contributed by atoms with Crippen LogP contribution in [0, 0.1) is 0 Å². The first-order valence-corrected chi connectivity index (χ1v) is 11.9. The van der Waals surface area contributed by atoms with Gasteiger partial charge in [0.05, 0.1) is 19.4 Å². The second kappa shape index (κ2) is 12.1. The van der Waals surface area contributed by atoms with Crippen LogP contribution < -0.4 is 10.2 Å². The monoisotopic (exact) mass is 472 g/mol. The molecular formula is C28H32N4O3. The Morgan fingerprint density at radius 1 is 1.00 bits per heavy atom. The Kier molecular flexibility index (Phi) is 8.48. The zero-order valence-corrected chi connectivity index (χ0v) is 20.0. The summed E-state index contributed by atoms with van der Waals surface area (Å²) in [5.41, 5.74) is 5.91. The predicted octanol–water partition coefficient (Wildman–Crippen LogP) is 3.65. The highest BCUT2D eigenvalue weighted by Crippen LogP contribution is 2.29. The molecule has 1 fully saturated rings. The predicted molar refractivity (Wildman–Crippen MR) is 138 cm³/mol. The zero-order chi connectivity index (χ0) is 24.5. The van der Waals surface area contributed by atoms with E-state index in [-0.39, 0.29) is 17.7 Å². The molecular weight excluding hydrogens is 440 g/mol. The second-order valence-electron chi connectivity index (χ2n) is 8.58. The van der Waals surface area contributed by atoms with E-state index in [0.29, 0.717) is 18.7 Å². The van der Waals surface area contributed by atoms with Crippen molar-refractivity contribution < 1.29 is 14.6 Å². The summed E-state index contributed by atoms with van der Waals surface area (Å²) in [5, 5.41) is 13.7. The van der Waals surface area contributed by atoms with Crippen LogP contribution >= 0.6 is 0 Å². The van der Waals surface area contributed by atoms with Crippen molar-refractivity contribution >= 4 is 12.1 Å². The molecule has 4 rings (SSSR count). The van der Waals surface area contributed by atoms with Crippen LogP contribution in [0.2, 0.25) is 0 Å². The summed E-state index contributed by atoms with van der Waals surface area (Å²) >= 11 is 0. The molecule has 2 N–H and O–H groups in total. The molecule has 0 saturated carbocycles. The van der Waals surface area contributed by atoms with Crippen molar-refractivity contribution in [2.24, 2.45) is 5.10 Å². The number of carbonyl (C=O) groups is 1. The number of hydrazone groups is 1. The Hall–Kier alpha value is -3.68. The number of phenolic OH excluding ortho intramolecular Hbond substituents is 1. The number of nitrogens with one attached hydrogen (secondary N) is 1. The van der Waals surface area contributed by atoms with E-state index < -0.39 is 0 Å². The molecule has 1 aliphatic rings. The summed E-state index contributed by atoms with van der Waals surface area (Å²) in [4.78, 5) is 17.1. The van der Waals surface area contributed by atoms with Crippen molar-refractivity contribution in [3.05, 3.63) is 95.6 Å². The van der Waals surface area contributed by atoms with Gasteiger partial charge in [0.1, 0.15) is 0 Å². The second-order valence-corrected chi connectivity index (χ2v) is 8.58. The smallest absolute Gasteiger partial charge is 0.241 e. The van der Waals surface area contributed by atoms with Gasteiger partial charge in [0.15, 0.2) is 11.5 Å². The fraction of sp³-hybridized carbons (Fsp3) is 0.286. The van der Waals surface area contributed by atoms with Gasteiger partial charge >= 0.3 is 0 Å². The summed E-state index contributed by atoms with van der Waals surface area (Å²) in [7, 11) is 1.49. The number of carbonyl (C=O) groups excluding carboxylic acids is 1. The Labute approximate surface area is 206 Å². The number of piperazine rings is 1. The van der Waals surface area contributed by atoms with Gasteiger partial charge in [-0.05, 0) is 34.9 Å². The van der Waals surface area contributed by atoms with E-state index in [4.69, 9.17) is 4.74 Å². The van der Waals surface area contributed by atoms with Gasteiger partial charge < -0.3 is 14.7 Å². The first-order chi connectivity index (χ1) is 17.1. The maximum atomic E-state index is 12.3. The lowest BCUT2D eigenvalue weighted by Crippen LogP contribution is -2.48. The summed E-state index contributed by atoms with van der Waals surface area (Å²) in [6.07, 6.45) is 1.92. The number of hydrogen-bond donors (Lipinski definition) is 2. The summed E-state index contributed by atoms with van der Waals surface area (Å²) in [5.74, 6) is 0.301. The topological polar surface area (TPSA) is 77.4 Å². The third-order valence-electron chi connectivity index (χ3n) is 6.26. The fourth-order valence-electron chi connectivity index (χ4n) is 4.40. The highest BCUT2D eigenvalue weighted by atomic mass is 16.5. The van der Waals surface area contributed by atoms with Gasteiger partial charge in [-0.3, -0.25) is 9.69 Å². The van der Waals surface area contributed by atoms with Gasteiger partial charge in [-0.25, -0.2) is 5.43 Å². The number of aromatic hydroxyl groups is 1. The van der Waals surface area contributed by atoms with Gasteiger partial charge in [0.25, 0.3) is 0 Å². The van der Waals surface area contributed by atoms with E-state index >= 15 is 0 Å². The molecule has 7 heteroatoms. The Morgan fingerprint density at radius 2 is 1.63 bits per heavy atom. The van der Waals surface area contributed by atoms with Crippen LogP contribution in [0.3, 0.4) is 0 Å². The summed E-state index contributed by atoms with van der Waals surface area (Å²) in [6.45, 7) is 4.41. The molecule has 182 valence electrons. The van der Waals surface area contributed by atoms with Crippen LogP contribution in [-0.2, 0) is 4.79 Å². The molecule has 0 radical (unpaired) electrons. The Morgan fingerprint density at radius 3 is 2.23 bits per heavy atom. The summed E-state index contributed by atoms with van der Waals surface area (Å²) in [6, 6.07) is 26.4. The first-order valence-electron chi connectivity index (χ1n) is 11.9. The standard InChI is InChI=1S/C28H32N4O3/c1-35-26-20-22(12-13-25(26)33)21-29-30-27(34)14-15-31-16-18-32(19-17-31)28(23-8-4-2-5-9-23)24-10-6-3-7-11-24/h2-13,20-21,28,33H,14-19H2,1H3,(H,30,34)/b29-21+. The van der Waals surface area contributed by atoms with Crippen LogP contribution in [0.1, 0.15) is 29.2 Å². The van der Waals surface area contributed by atoms with Crippen LogP contribution in [-0.4, -0.2) is 66.9 Å². The van der Waals surface area contributed by atoms with Crippen LogP contribution in [0.5, 0.6) is 11.5 Å². The number of hydrogen-bond acceptors (Lipinski definition) is 6. The molecule has 0 bridgehead atoms. The lowest BCUT2D eigenvalue weighted by molar-refractivity contribution is -0.121. The minimum absolute atomic E-state index is 0.0626. The molecule has 1 amide bonds. The van der Waals surface area contributed by atoms with E-state index in [1.807, 2.05) is 0 Å². The maximum Gasteiger partial charge on any atom is 0.241 e. The van der Waals surface area contributed by atoms with E-state index in [1.165, 1.54) is 30.5 Å². The third kappa shape index (κ3) is 6.68. The summed E-state index contributed by atoms with van der Waals surface area (Å²) < 4.78 is 5.08. The lowest BCUT2D eigenvalue weighted by atomic mass is 9.96. The minimum atomic E-state index is -0.124.